The predicted molar refractivity (Wildman–Crippen MR) is 102 cm³/mol. The van der Waals surface area contributed by atoms with Crippen LogP contribution in [0.5, 0.6) is 0 Å². The van der Waals surface area contributed by atoms with Gasteiger partial charge in [-0.05, 0) is 80.0 Å². The van der Waals surface area contributed by atoms with Crippen LogP contribution < -0.4 is 22.5 Å². The molecule has 0 aliphatic heterocycles. The maximum Gasteiger partial charge on any atom is 0.251 e. The summed E-state index contributed by atoms with van der Waals surface area (Å²) in [6.07, 6.45) is 6.56. The smallest absolute Gasteiger partial charge is 0.251 e. The van der Waals surface area contributed by atoms with Crippen molar-refractivity contribution in [1.82, 2.24) is 5.32 Å². The van der Waals surface area contributed by atoms with E-state index in [4.69, 9.17) is 17.2 Å². The van der Waals surface area contributed by atoms with Crippen molar-refractivity contribution in [2.75, 3.05) is 0 Å². The minimum Gasteiger partial charge on any atom is -0.370 e. The second-order valence-corrected chi connectivity index (χ2v) is 7.98. The van der Waals surface area contributed by atoms with Crippen LogP contribution in [0.15, 0.2) is 34.3 Å². The number of guanidine groups is 2. The Balaban J connectivity index is 1.42. The van der Waals surface area contributed by atoms with E-state index in [-0.39, 0.29) is 17.8 Å². The molecule has 4 fully saturated rings. The van der Waals surface area contributed by atoms with Gasteiger partial charge in [-0.2, -0.15) is 4.99 Å². The number of nitrogens with zero attached hydrogens (tertiary/aromatic N) is 2. The highest BCUT2D eigenvalue weighted by atomic mass is 16.1. The Morgan fingerprint density at radius 1 is 0.923 bits per heavy atom. The van der Waals surface area contributed by atoms with Crippen molar-refractivity contribution in [3.8, 4) is 0 Å². The van der Waals surface area contributed by atoms with Gasteiger partial charge in [-0.1, -0.05) is 0 Å². The highest BCUT2D eigenvalue weighted by Crippen LogP contribution is 2.53. The summed E-state index contributed by atoms with van der Waals surface area (Å²) in [5.74, 6) is 2.97. The van der Waals surface area contributed by atoms with E-state index in [0.29, 0.717) is 29.1 Å². The number of hydrogen-bond donors (Lipinski definition) is 4. The van der Waals surface area contributed by atoms with Crippen LogP contribution in [0.3, 0.4) is 0 Å². The Kier molecular flexibility index (Phi) is 4.30. The van der Waals surface area contributed by atoms with E-state index in [0.717, 1.165) is 11.8 Å². The van der Waals surface area contributed by atoms with Gasteiger partial charge in [0.1, 0.15) is 0 Å². The van der Waals surface area contributed by atoms with Crippen molar-refractivity contribution in [1.29, 1.82) is 0 Å². The van der Waals surface area contributed by atoms with Gasteiger partial charge in [0, 0.05) is 11.6 Å². The van der Waals surface area contributed by atoms with Gasteiger partial charge >= 0.3 is 0 Å². The van der Waals surface area contributed by atoms with Crippen LogP contribution in [0.1, 0.15) is 42.5 Å². The van der Waals surface area contributed by atoms with Crippen molar-refractivity contribution in [2.45, 2.75) is 38.1 Å². The fraction of sp³-hybridized carbons (Fsp3) is 0.526. The van der Waals surface area contributed by atoms with Crippen LogP contribution in [0.2, 0.25) is 0 Å². The van der Waals surface area contributed by atoms with E-state index in [1.807, 2.05) is 0 Å². The van der Waals surface area contributed by atoms with E-state index < -0.39 is 0 Å². The number of carbonyl (C=O) groups is 1. The first-order chi connectivity index (χ1) is 12.5. The second-order valence-electron chi connectivity index (χ2n) is 7.98. The maximum atomic E-state index is 12.7. The van der Waals surface area contributed by atoms with E-state index in [2.05, 4.69) is 15.3 Å². The SMILES string of the molecule is NC(N)=NC(N)=Nc1ccc(C(=O)NC2C3CC4CC(C3)CC2C4)cc1. The quantitative estimate of drug-likeness (QED) is 0.483. The third-order valence-electron chi connectivity index (χ3n) is 6.14. The number of nitrogens with one attached hydrogen (secondary N) is 1. The molecule has 0 atom stereocenters. The standard InChI is InChI=1S/C19H26N6O/c20-18(21)25-19(22)23-15-3-1-12(2-4-15)17(26)24-16-13-6-10-5-11(8-13)9-14(16)7-10/h1-4,10-11,13-14,16H,5-9H2,(H,24,26)(H6,20,21,22,23,25). The van der Waals surface area contributed by atoms with Gasteiger partial charge in [-0.15, -0.1) is 0 Å². The lowest BCUT2D eigenvalue weighted by atomic mass is 9.54. The largest absolute Gasteiger partial charge is 0.370 e. The normalized spacial score (nSPS) is 32.3. The molecular formula is C19H26N6O. The molecule has 0 aromatic heterocycles. The highest BCUT2D eigenvalue weighted by Gasteiger charge is 2.48. The lowest BCUT2D eigenvalue weighted by Crippen LogP contribution is -2.55. The summed E-state index contributed by atoms with van der Waals surface area (Å²) in [7, 11) is 0. The molecule has 1 aromatic carbocycles. The van der Waals surface area contributed by atoms with Crippen molar-refractivity contribution in [3.05, 3.63) is 29.8 Å². The van der Waals surface area contributed by atoms with E-state index in [1.54, 1.807) is 24.3 Å². The van der Waals surface area contributed by atoms with Gasteiger partial charge < -0.3 is 22.5 Å². The molecule has 26 heavy (non-hydrogen) atoms. The van der Waals surface area contributed by atoms with E-state index in [1.165, 1.54) is 32.1 Å². The van der Waals surface area contributed by atoms with Crippen LogP contribution in [-0.2, 0) is 0 Å². The minimum absolute atomic E-state index is 0.00445. The van der Waals surface area contributed by atoms with Crippen molar-refractivity contribution >= 4 is 23.5 Å². The number of amides is 1. The zero-order valence-electron chi connectivity index (χ0n) is 14.8. The molecule has 0 radical (unpaired) electrons. The topological polar surface area (TPSA) is 132 Å². The molecule has 1 amide bonds. The summed E-state index contributed by atoms with van der Waals surface area (Å²) in [5, 5.41) is 3.31. The van der Waals surface area contributed by atoms with Gasteiger partial charge in [0.15, 0.2) is 5.96 Å². The van der Waals surface area contributed by atoms with Gasteiger partial charge in [0.25, 0.3) is 5.91 Å². The second kappa shape index (κ2) is 6.63. The zero-order chi connectivity index (χ0) is 18.3. The third kappa shape index (κ3) is 3.38. The number of aliphatic imine (C=N–C) groups is 2. The van der Waals surface area contributed by atoms with Crippen LogP contribution in [-0.4, -0.2) is 23.9 Å². The van der Waals surface area contributed by atoms with Crippen LogP contribution in [0.25, 0.3) is 0 Å². The number of benzene rings is 1. The van der Waals surface area contributed by atoms with Gasteiger partial charge in [0.2, 0.25) is 5.96 Å². The molecule has 7 nitrogen and oxygen atoms in total. The summed E-state index contributed by atoms with van der Waals surface area (Å²) < 4.78 is 0. The lowest BCUT2D eigenvalue weighted by Gasteiger charge is -2.54. The van der Waals surface area contributed by atoms with Crippen molar-refractivity contribution in [2.24, 2.45) is 50.9 Å². The first kappa shape index (κ1) is 16.9. The number of hydrogen-bond acceptors (Lipinski definition) is 2. The molecule has 4 bridgehead atoms. The fourth-order valence-corrected chi connectivity index (χ4v) is 5.37. The number of nitrogens with two attached hydrogens (primary N) is 3. The number of carbonyl (C=O) groups excluding carboxylic acids is 1. The molecule has 4 saturated carbocycles. The molecule has 0 saturated heterocycles. The van der Waals surface area contributed by atoms with E-state index in [9.17, 15) is 4.79 Å². The first-order valence-corrected chi connectivity index (χ1v) is 9.32. The molecule has 7 heteroatoms. The third-order valence-corrected chi connectivity index (χ3v) is 6.14. The van der Waals surface area contributed by atoms with Crippen molar-refractivity contribution < 1.29 is 4.79 Å². The summed E-state index contributed by atoms with van der Waals surface area (Å²) in [4.78, 5) is 20.4. The molecule has 7 N–H and O–H groups in total. The van der Waals surface area contributed by atoms with Gasteiger partial charge in [-0.25, -0.2) is 4.99 Å². The average Bonchev–Trinajstić information content (AvgIpc) is 2.57. The Morgan fingerprint density at radius 2 is 1.50 bits per heavy atom. The fourth-order valence-electron chi connectivity index (χ4n) is 5.37. The summed E-state index contributed by atoms with van der Waals surface area (Å²) in [6.45, 7) is 0. The summed E-state index contributed by atoms with van der Waals surface area (Å²) in [6, 6.07) is 7.33. The molecule has 5 rings (SSSR count). The number of rotatable bonds is 3. The van der Waals surface area contributed by atoms with E-state index >= 15 is 0 Å². The zero-order valence-corrected chi connectivity index (χ0v) is 14.8. The van der Waals surface area contributed by atoms with Crippen LogP contribution >= 0.6 is 0 Å². The minimum atomic E-state index is -0.141. The molecule has 0 unspecified atom stereocenters. The van der Waals surface area contributed by atoms with Gasteiger partial charge in [0.05, 0.1) is 5.69 Å². The van der Waals surface area contributed by atoms with Crippen LogP contribution in [0, 0.1) is 23.7 Å². The van der Waals surface area contributed by atoms with Gasteiger partial charge in [-0.3, -0.25) is 4.79 Å². The van der Waals surface area contributed by atoms with Crippen LogP contribution in [0.4, 0.5) is 5.69 Å². The molecule has 0 spiro atoms. The Hall–Kier alpha value is -2.57. The Labute approximate surface area is 153 Å². The molecule has 4 aliphatic rings. The Bertz CT molecular complexity index is 722. The lowest BCUT2D eigenvalue weighted by molar-refractivity contribution is -0.0119. The molecular weight excluding hydrogens is 328 g/mol. The maximum absolute atomic E-state index is 12.7. The monoisotopic (exact) mass is 354 g/mol. The first-order valence-electron chi connectivity index (χ1n) is 9.32. The molecule has 4 aliphatic carbocycles. The highest BCUT2D eigenvalue weighted by molar-refractivity contribution is 5.95. The Morgan fingerprint density at radius 3 is 2.04 bits per heavy atom. The molecule has 1 aromatic rings. The van der Waals surface area contributed by atoms with Crippen molar-refractivity contribution in [3.63, 3.8) is 0 Å². The summed E-state index contributed by atoms with van der Waals surface area (Å²) >= 11 is 0. The molecule has 138 valence electrons. The molecule has 0 heterocycles. The summed E-state index contributed by atoms with van der Waals surface area (Å²) in [5.41, 5.74) is 17.4. The average molecular weight is 354 g/mol. The predicted octanol–water partition coefficient (Wildman–Crippen LogP) is 1.46.